The van der Waals surface area contributed by atoms with E-state index in [0.717, 1.165) is 30.5 Å². The van der Waals surface area contributed by atoms with E-state index in [1.165, 1.54) is 12.8 Å². The van der Waals surface area contributed by atoms with Crippen LogP contribution in [0.4, 0.5) is 5.69 Å². The smallest absolute Gasteiger partial charge is 0.338 e. The minimum Gasteiger partial charge on any atom is -0.462 e. The fourth-order valence-electron chi connectivity index (χ4n) is 3.11. The molecule has 0 aliphatic heterocycles. The molecule has 0 bridgehead atoms. The molecule has 2 N–H and O–H groups in total. The molecule has 1 aliphatic rings. The molecule has 126 valence electrons. The Hall–Kier alpha value is -1.62. The van der Waals surface area contributed by atoms with E-state index in [9.17, 15) is 4.79 Å². The second kappa shape index (κ2) is 7.77. The Morgan fingerprint density at radius 2 is 2.00 bits per heavy atom. The van der Waals surface area contributed by atoms with Crippen LogP contribution in [0, 0.1) is 6.92 Å². The minimum absolute atomic E-state index is 0.122. The summed E-state index contributed by atoms with van der Waals surface area (Å²) in [5.74, 6) is -0.310. The van der Waals surface area contributed by atoms with Gasteiger partial charge in [-0.2, -0.15) is 0 Å². The molecule has 0 amide bonds. The van der Waals surface area contributed by atoms with Crippen molar-refractivity contribution in [2.75, 3.05) is 11.9 Å². The van der Waals surface area contributed by atoms with E-state index in [0.29, 0.717) is 17.3 Å². The molecular formula is C18H26N2O2S. The number of rotatable bonds is 5. The van der Waals surface area contributed by atoms with Crippen LogP contribution in [0.5, 0.6) is 0 Å². The van der Waals surface area contributed by atoms with Crippen LogP contribution in [0.3, 0.4) is 0 Å². The maximum Gasteiger partial charge on any atom is 0.338 e. The van der Waals surface area contributed by atoms with Gasteiger partial charge < -0.3 is 15.4 Å². The standard InChI is InChI=1S/C18H26N2O2S/c1-4-18(10-6-7-11-18)20-17(23)19-15-12-14(9-8-13(15)3)16(21)22-5-2/h8-9,12H,4-7,10-11H2,1-3H3,(H2,19,20,23). The van der Waals surface area contributed by atoms with Crippen LogP contribution in [-0.4, -0.2) is 23.2 Å². The maximum atomic E-state index is 11.9. The van der Waals surface area contributed by atoms with Crippen LogP contribution in [0.25, 0.3) is 0 Å². The van der Waals surface area contributed by atoms with Gasteiger partial charge in [0.15, 0.2) is 5.11 Å². The number of aryl methyl sites for hydroxylation is 1. The molecule has 0 radical (unpaired) electrons. The maximum absolute atomic E-state index is 11.9. The predicted octanol–water partition coefficient (Wildman–Crippen LogP) is 4.18. The van der Waals surface area contributed by atoms with Gasteiger partial charge in [0.2, 0.25) is 0 Å². The molecule has 1 aromatic rings. The summed E-state index contributed by atoms with van der Waals surface area (Å²) >= 11 is 5.49. The molecule has 5 heteroatoms. The molecule has 0 spiro atoms. The number of carbonyl (C=O) groups is 1. The average molecular weight is 334 g/mol. The third kappa shape index (κ3) is 4.44. The number of hydrogen-bond acceptors (Lipinski definition) is 3. The van der Waals surface area contributed by atoms with Crippen LogP contribution in [0.2, 0.25) is 0 Å². The third-order valence-corrected chi connectivity index (χ3v) is 4.82. The van der Waals surface area contributed by atoms with Crippen molar-refractivity contribution in [1.82, 2.24) is 5.32 Å². The summed E-state index contributed by atoms with van der Waals surface area (Å²) in [6.07, 6.45) is 5.89. The fraction of sp³-hybridized carbons (Fsp3) is 0.556. The molecule has 0 saturated heterocycles. The summed E-state index contributed by atoms with van der Waals surface area (Å²) < 4.78 is 5.05. The normalized spacial score (nSPS) is 16.0. The lowest BCUT2D eigenvalue weighted by Crippen LogP contribution is -2.47. The summed E-state index contributed by atoms with van der Waals surface area (Å²) in [6, 6.07) is 5.48. The Labute approximate surface area is 144 Å². The van der Waals surface area contributed by atoms with Crippen molar-refractivity contribution < 1.29 is 9.53 Å². The van der Waals surface area contributed by atoms with E-state index in [4.69, 9.17) is 17.0 Å². The van der Waals surface area contributed by atoms with Crippen molar-refractivity contribution in [3.8, 4) is 0 Å². The van der Waals surface area contributed by atoms with Crippen LogP contribution in [0.15, 0.2) is 18.2 Å². The Morgan fingerprint density at radius 3 is 2.61 bits per heavy atom. The first-order valence-corrected chi connectivity index (χ1v) is 8.77. The van der Waals surface area contributed by atoms with Crippen molar-refractivity contribution in [3.63, 3.8) is 0 Å². The highest BCUT2D eigenvalue weighted by Crippen LogP contribution is 2.32. The van der Waals surface area contributed by atoms with E-state index in [1.54, 1.807) is 19.1 Å². The zero-order valence-corrected chi connectivity index (χ0v) is 15.0. The number of esters is 1. The molecule has 23 heavy (non-hydrogen) atoms. The van der Waals surface area contributed by atoms with E-state index in [-0.39, 0.29) is 11.5 Å². The van der Waals surface area contributed by atoms with Gasteiger partial charge in [-0.3, -0.25) is 0 Å². The van der Waals surface area contributed by atoms with E-state index >= 15 is 0 Å². The molecule has 2 rings (SSSR count). The average Bonchev–Trinajstić information content (AvgIpc) is 2.98. The first-order valence-electron chi connectivity index (χ1n) is 8.36. The summed E-state index contributed by atoms with van der Waals surface area (Å²) in [7, 11) is 0. The Kier molecular flexibility index (Phi) is 5.99. The topological polar surface area (TPSA) is 50.4 Å². The molecule has 0 unspecified atom stereocenters. The summed E-state index contributed by atoms with van der Waals surface area (Å²) in [5.41, 5.74) is 2.54. The lowest BCUT2D eigenvalue weighted by molar-refractivity contribution is 0.0526. The highest BCUT2D eigenvalue weighted by molar-refractivity contribution is 7.80. The van der Waals surface area contributed by atoms with Crippen molar-refractivity contribution in [2.45, 2.75) is 58.4 Å². The number of nitrogens with one attached hydrogen (secondary N) is 2. The lowest BCUT2D eigenvalue weighted by atomic mass is 9.94. The first kappa shape index (κ1) is 17.7. The van der Waals surface area contributed by atoms with Crippen LogP contribution < -0.4 is 10.6 Å². The van der Waals surface area contributed by atoms with Gasteiger partial charge in [-0.05, 0) is 63.0 Å². The molecular weight excluding hydrogens is 308 g/mol. The third-order valence-electron chi connectivity index (χ3n) is 4.61. The quantitative estimate of drug-likeness (QED) is 0.625. The van der Waals surface area contributed by atoms with Gasteiger partial charge in [-0.15, -0.1) is 0 Å². The van der Waals surface area contributed by atoms with Gasteiger partial charge >= 0.3 is 5.97 Å². The predicted molar refractivity (Wildman–Crippen MR) is 98.0 cm³/mol. The molecule has 1 saturated carbocycles. The molecule has 0 aromatic heterocycles. The lowest BCUT2D eigenvalue weighted by Gasteiger charge is -2.30. The first-order chi connectivity index (χ1) is 11.0. The molecule has 1 fully saturated rings. The molecule has 1 aromatic carbocycles. The Balaban J connectivity index is 2.08. The van der Waals surface area contributed by atoms with Gasteiger partial charge in [-0.25, -0.2) is 4.79 Å². The SMILES string of the molecule is CCOC(=O)c1ccc(C)c(NC(=S)NC2(CC)CCCC2)c1. The number of anilines is 1. The zero-order chi connectivity index (χ0) is 16.9. The highest BCUT2D eigenvalue weighted by atomic mass is 32.1. The molecule has 0 atom stereocenters. The number of hydrogen-bond donors (Lipinski definition) is 2. The van der Waals surface area contributed by atoms with Gasteiger partial charge in [0.1, 0.15) is 0 Å². The van der Waals surface area contributed by atoms with Crippen molar-refractivity contribution in [1.29, 1.82) is 0 Å². The molecule has 1 aliphatic carbocycles. The van der Waals surface area contributed by atoms with E-state index < -0.39 is 0 Å². The van der Waals surface area contributed by atoms with Gasteiger partial charge in [-0.1, -0.05) is 25.8 Å². The zero-order valence-electron chi connectivity index (χ0n) is 14.2. The number of thiocarbonyl (C=S) groups is 1. The number of benzene rings is 1. The molecule has 4 nitrogen and oxygen atoms in total. The molecule has 0 heterocycles. The summed E-state index contributed by atoms with van der Waals surface area (Å²) in [4.78, 5) is 11.9. The Bertz CT molecular complexity index is 580. The van der Waals surface area contributed by atoms with Crippen LogP contribution in [0.1, 0.15) is 61.9 Å². The summed E-state index contributed by atoms with van der Waals surface area (Å²) in [5, 5.41) is 7.36. The van der Waals surface area contributed by atoms with Gasteiger partial charge in [0, 0.05) is 11.2 Å². The highest BCUT2D eigenvalue weighted by Gasteiger charge is 2.32. The minimum atomic E-state index is -0.310. The van der Waals surface area contributed by atoms with E-state index in [2.05, 4.69) is 17.6 Å². The largest absolute Gasteiger partial charge is 0.462 e. The van der Waals surface area contributed by atoms with Crippen molar-refractivity contribution >= 4 is 29.0 Å². The summed E-state index contributed by atoms with van der Waals surface area (Å²) in [6.45, 7) is 6.36. The number of carbonyl (C=O) groups excluding carboxylic acids is 1. The van der Waals surface area contributed by atoms with Crippen LogP contribution in [-0.2, 0) is 4.74 Å². The number of ether oxygens (including phenoxy) is 1. The van der Waals surface area contributed by atoms with Gasteiger partial charge in [0.25, 0.3) is 0 Å². The van der Waals surface area contributed by atoms with Crippen molar-refractivity contribution in [3.05, 3.63) is 29.3 Å². The van der Waals surface area contributed by atoms with Crippen LogP contribution >= 0.6 is 12.2 Å². The second-order valence-corrected chi connectivity index (χ2v) is 6.58. The fourth-order valence-corrected chi connectivity index (χ4v) is 3.44. The monoisotopic (exact) mass is 334 g/mol. The second-order valence-electron chi connectivity index (χ2n) is 6.17. The Morgan fingerprint density at radius 1 is 1.30 bits per heavy atom. The van der Waals surface area contributed by atoms with E-state index in [1.807, 2.05) is 13.0 Å². The van der Waals surface area contributed by atoms with Gasteiger partial charge in [0.05, 0.1) is 12.2 Å². The van der Waals surface area contributed by atoms with Crippen molar-refractivity contribution in [2.24, 2.45) is 0 Å².